The van der Waals surface area contributed by atoms with Crippen molar-refractivity contribution in [3.63, 3.8) is 0 Å². The summed E-state index contributed by atoms with van der Waals surface area (Å²) in [4.78, 5) is 16.9. The molecule has 0 fully saturated rings. The number of anilines is 1. The predicted molar refractivity (Wildman–Crippen MR) is 97.6 cm³/mol. The van der Waals surface area contributed by atoms with E-state index in [1.54, 1.807) is 13.8 Å². The third-order valence-corrected chi connectivity index (χ3v) is 4.36. The molecule has 0 aliphatic heterocycles. The van der Waals surface area contributed by atoms with Crippen LogP contribution in [0.3, 0.4) is 0 Å². The number of hydrogen-bond donors (Lipinski definition) is 1. The Morgan fingerprint density at radius 2 is 2.04 bits per heavy atom. The molecule has 6 heteroatoms. The number of thiazole rings is 1. The predicted octanol–water partition coefficient (Wildman–Crippen LogP) is 4.30. The Morgan fingerprint density at radius 1 is 1.33 bits per heavy atom. The van der Waals surface area contributed by atoms with Gasteiger partial charge in [-0.15, -0.1) is 11.3 Å². The number of nitrogens with two attached hydrogens (primary N) is 1. The van der Waals surface area contributed by atoms with Gasteiger partial charge in [0.15, 0.2) is 0 Å². The van der Waals surface area contributed by atoms with Crippen LogP contribution in [0.2, 0.25) is 0 Å². The van der Waals surface area contributed by atoms with Crippen LogP contribution in [0.1, 0.15) is 43.1 Å². The van der Waals surface area contributed by atoms with Gasteiger partial charge in [0, 0.05) is 5.56 Å². The number of benzene rings is 1. The summed E-state index contributed by atoms with van der Waals surface area (Å²) < 4.78 is 10.8. The Labute approximate surface area is 146 Å². The number of aryl methyl sites for hydroxylation is 1. The highest BCUT2D eigenvalue weighted by atomic mass is 32.1. The van der Waals surface area contributed by atoms with E-state index >= 15 is 0 Å². The smallest absolute Gasteiger partial charge is 0.350 e. The summed E-state index contributed by atoms with van der Waals surface area (Å²) in [6, 6.07) is 5.57. The van der Waals surface area contributed by atoms with Crippen molar-refractivity contribution in [1.29, 1.82) is 0 Å². The van der Waals surface area contributed by atoms with E-state index in [4.69, 9.17) is 15.2 Å². The van der Waals surface area contributed by atoms with Crippen molar-refractivity contribution in [2.24, 2.45) is 5.41 Å². The van der Waals surface area contributed by atoms with Gasteiger partial charge in [0.1, 0.15) is 15.6 Å². The van der Waals surface area contributed by atoms with Crippen LogP contribution >= 0.6 is 11.3 Å². The first-order chi connectivity index (χ1) is 11.2. The SMILES string of the molecule is CCOC(=O)c1sc(-c2ccc(OCC(C)(C)C)c(N)c2)nc1C. The van der Waals surface area contributed by atoms with Crippen molar-refractivity contribution in [2.45, 2.75) is 34.6 Å². The fourth-order valence-corrected chi connectivity index (χ4v) is 2.97. The highest BCUT2D eigenvalue weighted by molar-refractivity contribution is 7.17. The molecule has 130 valence electrons. The summed E-state index contributed by atoms with van der Waals surface area (Å²) in [7, 11) is 0. The summed E-state index contributed by atoms with van der Waals surface area (Å²) in [5.74, 6) is 0.324. The molecule has 2 aromatic rings. The Kier molecular flexibility index (Phi) is 5.49. The molecule has 0 radical (unpaired) electrons. The van der Waals surface area contributed by atoms with Crippen molar-refractivity contribution >= 4 is 23.0 Å². The standard InChI is InChI=1S/C18H24N2O3S/c1-6-22-17(21)15-11(2)20-16(24-15)12-7-8-14(13(19)9-12)23-10-18(3,4)5/h7-9H,6,10,19H2,1-5H3. The van der Waals surface area contributed by atoms with Gasteiger partial charge < -0.3 is 15.2 Å². The largest absolute Gasteiger partial charge is 0.491 e. The van der Waals surface area contributed by atoms with E-state index in [2.05, 4.69) is 25.8 Å². The summed E-state index contributed by atoms with van der Waals surface area (Å²) in [6.45, 7) is 10.8. The van der Waals surface area contributed by atoms with Crippen molar-refractivity contribution in [2.75, 3.05) is 18.9 Å². The lowest BCUT2D eigenvalue weighted by Gasteiger charge is -2.19. The number of nitrogens with zero attached hydrogens (tertiary/aromatic N) is 1. The molecule has 5 nitrogen and oxygen atoms in total. The number of esters is 1. The number of ether oxygens (including phenoxy) is 2. The van der Waals surface area contributed by atoms with Crippen molar-refractivity contribution in [1.82, 2.24) is 4.98 Å². The van der Waals surface area contributed by atoms with Gasteiger partial charge in [-0.25, -0.2) is 9.78 Å². The lowest BCUT2D eigenvalue weighted by molar-refractivity contribution is 0.0531. The van der Waals surface area contributed by atoms with Gasteiger partial charge in [0.05, 0.1) is 24.6 Å². The highest BCUT2D eigenvalue weighted by Gasteiger charge is 2.18. The highest BCUT2D eigenvalue weighted by Crippen LogP contribution is 2.33. The van der Waals surface area contributed by atoms with E-state index in [9.17, 15) is 4.79 Å². The minimum absolute atomic E-state index is 0.0616. The first kappa shape index (κ1) is 18.3. The van der Waals surface area contributed by atoms with Crippen LogP contribution < -0.4 is 10.5 Å². The number of nitrogen functional groups attached to an aromatic ring is 1. The summed E-state index contributed by atoms with van der Waals surface area (Å²) in [5.41, 5.74) is 8.25. The molecule has 2 N–H and O–H groups in total. The molecule has 0 atom stereocenters. The van der Waals surface area contributed by atoms with E-state index in [0.717, 1.165) is 10.6 Å². The second-order valence-corrected chi connectivity index (χ2v) is 7.76. The third kappa shape index (κ3) is 4.47. The quantitative estimate of drug-likeness (QED) is 0.644. The van der Waals surface area contributed by atoms with Crippen LogP contribution in [0.4, 0.5) is 5.69 Å². The zero-order chi connectivity index (χ0) is 17.9. The lowest BCUT2D eigenvalue weighted by Crippen LogP contribution is -2.17. The minimum atomic E-state index is -0.336. The fourth-order valence-electron chi connectivity index (χ4n) is 2.01. The average Bonchev–Trinajstić information content (AvgIpc) is 2.87. The van der Waals surface area contributed by atoms with Crippen molar-refractivity contribution < 1.29 is 14.3 Å². The fraction of sp³-hybridized carbons (Fsp3) is 0.444. The number of aromatic nitrogens is 1. The Balaban J connectivity index is 2.23. The van der Waals surface area contributed by atoms with Crippen molar-refractivity contribution in [3.05, 3.63) is 28.8 Å². The van der Waals surface area contributed by atoms with Gasteiger partial charge in [0.25, 0.3) is 0 Å². The molecule has 0 saturated carbocycles. The Bertz CT molecular complexity index is 732. The topological polar surface area (TPSA) is 74.4 Å². The first-order valence-corrected chi connectivity index (χ1v) is 8.70. The maximum atomic E-state index is 11.9. The second kappa shape index (κ2) is 7.21. The molecular weight excluding hydrogens is 324 g/mol. The minimum Gasteiger partial charge on any atom is -0.491 e. The van der Waals surface area contributed by atoms with Gasteiger partial charge in [-0.05, 0) is 37.5 Å². The molecule has 24 heavy (non-hydrogen) atoms. The molecule has 0 bridgehead atoms. The molecule has 0 aliphatic carbocycles. The maximum absolute atomic E-state index is 11.9. The van der Waals surface area contributed by atoms with E-state index in [1.165, 1.54) is 11.3 Å². The zero-order valence-electron chi connectivity index (χ0n) is 14.8. The van der Waals surface area contributed by atoms with Gasteiger partial charge in [-0.3, -0.25) is 0 Å². The van der Waals surface area contributed by atoms with Crippen LogP contribution in [0, 0.1) is 12.3 Å². The number of carbonyl (C=O) groups excluding carboxylic acids is 1. The summed E-state index contributed by atoms with van der Waals surface area (Å²) >= 11 is 1.31. The molecule has 0 saturated heterocycles. The monoisotopic (exact) mass is 348 g/mol. The van der Waals surface area contributed by atoms with E-state index in [-0.39, 0.29) is 11.4 Å². The van der Waals surface area contributed by atoms with Gasteiger partial charge in [0.2, 0.25) is 0 Å². The molecule has 0 aliphatic rings. The normalized spacial score (nSPS) is 11.4. The maximum Gasteiger partial charge on any atom is 0.350 e. The van der Waals surface area contributed by atoms with Crippen LogP contribution in [-0.4, -0.2) is 24.2 Å². The average molecular weight is 348 g/mol. The van der Waals surface area contributed by atoms with Gasteiger partial charge >= 0.3 is 5.97 Å². The van der Waals surface area contributed by atoms with Crippen LogP contribution in [0.5, 0.6) is 5.75 Å². The molecule has 1 aromatic heterocycles. The molecule has 0 unspecified atom stereocenters. The first-order valence-electron chi connectivity index (χ1n) is 7.88. The van der Waals surface area contributed by atoms with E-state index in [1.807, 2.05) is 18.2 Å². The van der Waals surface area contributed by atoms with Gasteiger partial charge in [-0.1, -0.05) is 20.8 Å². The number of hydrogen-bond acceptors (Lipinski definition) is 6. The van der Waals surface area contributed by atoms with Crippen molar-refractivity contribution in [3.8, 4) is 16.3 Å². The molecule has 1 heterocycles. The zero-order valence-corrected chi connectivity index (χ0v) is 15.6. The van der Waals surface area contributed by atoms with E-state index < -0.39 is 0 Å². The Morgan fingerprint density at radius 3 is 2.62 bits per heavy atom. The third-order valence-electron chi connectivity index (χ3n) is 3.17. The Hall–Kier alpha value is -2.08. The van der Waals surface area contributed by atoms with E-state index in [0.29, 0.717) is 35.2 Å². The second-order valence-electron chi connectivity index (χ2n) is 6.76. The molecular formula is C18H24N2O3S. The molecule has 0 spiro atoms. The molecule has 2 rings (SSSR count). The summed E-state index contributed by atoms with van der Waals surface area (Å²) in [5, 5.41) is 0.740. The number of carbonyl (C=O) groups is 1. The lowest BCUT2D eigenvalue weighted by atomic mass is 9.99. The number of rotatable bonds is 5. The molecule has 0 amide bonds. The van der Waals surface area contributed by atoms with Crippen LogP contribution in [0.25, 0.3) is 10.6 Å². The van der Waals surface area contributed by atoms with Crippen LogP contribution in [-0.2, 0) is 4.74 Å². The summed E-state index contributed by atoms with van der Waals surface area (Å²) in [6.07, 6.45) is 0. The van der Waals surface area contributed by atoms with Gasteiger partial charge in [-0.2, -0.15) is 0 Å². The van der Waals surface area contributed by atoms with Crippen LogP contribution in [0.15, 0.2) is 18.2 Å². The molecule has 1 aromatic carbocycles.